The monoisotopic (exact) mass is 373 g/mol. The first-order chi connectivity index (χ1) is 13.5. The summed E-state index contributed by atoms with van der Waals surface area (Å²) in [6.45, 7) is 5.71. The maximum atomic E-state index is 13.5. The van der Waals surface area contributed by atoms with Gasteiger partial charge in [-0.3, -0.25) is 4.79 Å². The van der Waals surface area contributed by atoms with Crippen LogP contribution < -0.4 is 10.1 Å². The normalized spacial score (nSPS) is 19.6. The predicted octanol–water partition coefficient (Wildman–Crippen LogP) is 3.66. The van der Waals surface area contributed by atoms with Crippen molar-refractivity contribution in [1.82, 2.24) is 14.9 Å². The average molecular weight is 373 g/mol. The van der Waals surface area contributed by atoms with Crippen LogP contribution in [-0.2, 0) is 13.0 Å². The molecule has 1 atom stereocenters. The van der Waals surface area contributed by atoms with E-state index in [9.17, 15) is 4.79 Å². The highest BCUT2D eigenvalue weighted by Crippen LogP contribution is 2.46. The van der Waals surface area contributed by atoms with E-state index in [4.69, 9.17) is 4.74 Å². The average Bonchev–Trinajstić information content (AvgIpc) is 3.24. The van der Waals surface area contributed by atoms with Crippen molar-refractivity contribution in [1.29, 1.82) is 0 Å². The zero-order valence-corrected chi connectivity index (χ0v) is 16.1. The maximum Gasteiger partial charge on any atom is 0.174 e. The van der Waals surface area contributed by atoms with Crippen LogP contribution in [0, 0.1) is 0 Å². The van der Waals surface area contributed by atoms with Crippen molar-refractivity contribution in [3.05, 3.63) is 77.4 Å². The molecule has 2 aromatic carbocycles. The quantitative estimate of drug-likeness (QED) is 0.712. The van der Waals surface area contributed by atoms with Crippen LogP contribution in [0.4, 0.5) is 0 Å². The number of ether oxygens (including phenoxy) is 1. The molecule has 3 aromatic rings. The fraction of sp³-hybridized carbons (Fsp3) is 0.304. The number of nitrogens with one attached hydrogen (secondary N) is 1. The molecule has 5 nitrogen and oxygen atoms in total. The minimum atomic E-state index is -0.573. The summed E-state index contributed by atoms with van der Waals surface area (Å²) in [6.07, 6.45) is 2.80. The van der Waals surface area contributed by atoms with Crippen LogP contribution in [0.5, 0.6) is 5.75 Å². The van der Waals surface area contributed by atoms with Gasteiger partial charge in [0, 0.05) is 42.0 Å². The number of carbonyl (C=O) groups is 1. The van der Waals surface area contributed by atoms with Crippen molar-refractivity contribution >= 4 is 5.78 Å². The molecular weight excluding hydrogens is 350 g/mol. The Labute approximate surface area is 164 Å². The topological polar surface area (TPSA) is 56.2 Å². The summed E-state index contributed by atoms with van der Waals surface area (Å²) in [4.78, 5) is 18.1. The number of imidazole rings is 1. The summed E-state index contributed by atoms with van der Waals surface area (Å²) in [5.74, 6) is 0.575. The highest BCUT2D eigenvalue weighted by Gasteiger charge is 2.45. The lowest BCUT2D eigenvalue weighted by Crippen LogP contribution is -2.35. The Bertz CT molecular complexity index is 1070. The molecule has 0 spiro atoms. The third-order valence-corrected chi connectivity index (χ3v) is 5.75. The molecule has 2 aliphatic heterocycles. The number of para-hydroxylation sites is 1. The third kappa shape index (κ3) is 2.66. The van der Waals surface area contributed by atoms with E-state index in [0.717, 1.165) is 42.2 Å². The number of hydrogen-bond donors (Lipinski definition) is 1. The second-order valence-corrected chi connectivity index (χ2v) is 8.03. The second kappa shape index (κ2) is 6.31. The number of ketones is 1. The Kier molecular flexibility index (Phi) is 3.88. The maximum absolute atomic E-state index is 13.5. The van der Waals surface area contributed by atoms with Gasteiger partial charge in [0.15, 0.2) is 5.78 Å². The van der Waals surface area contributed by atoms with E-state index in [-0.39, 0.29) is 11.7 Å². The molecule has 1 aromatic heterocycles. The molecule has 3 heterocycles. The number of hydrogen-bond acceptors (Lipinski definition) is 4. The standard InChI is InChI=1S/C23H23N3O2/c1-23(2)21(17-8-3-4-9-20(17)28-23)22(27)15-6-5-7-16(12-15)26-14-25-18-13-24-11-10-19(18)26/h3-9,12,14,21,24H,10-11,13H2,1-2H3. The summed E-state index contributed by atoms with van der Waals surface area (Å²) in [7, 11) is 0. The number of aromatic nitrogens is 2. The Morgan fingerprint density at radius 2 is 2.07 bits per heavy atom. The van der Waals surface area contributed by atoms with Gasteiger partial charge >= 0.3 is 0 Å². The molecule has 2 aliphatic rings. The molecule has 5 rings (SSSR count). The molecule has 0 saturated carbocycles. The number of benzene rings is 2. The van der Waals surface area contributed by atoms with Gasteiger partial charge in [0.2, 0.25) is 0 Å². The molecule has 0 amide bonds. The lowest BCUT2D eigenvalue weighted by Gasteiger charge is -2.25. The number of carbonyl (C=O) groups excluding carboxylic acids is 1. The van der Waals surface area contributed by atoms with Crippen molar-refractivity contribution in [3.63, 3.8) is 0 Å². The second-order valence-electron chi connectivity index (χ2n) is 8.03. The lowest BCUT2D eigenvalue weighted by molar-refractivity contribution is 0.0739. The molecule has 0 aliphatic carbocycles. The highest BCUT2D eigenvalue weighted by molar-refractivity contribution is 6.03. The number of Topliss-reactive ketones (excluding diaryl/α,β-unsaturated/α-hetero) is 1. The molecular formula is C23H23N3O2. The van der Waals surface area contributed by atoms with E-state index < -0.39 is 5.60 Å². The summed E-state index contributed by atoms with van der Waals surface area (Å²) >= 11 is 0. The number of nitrogens with zero attached hydrogens (tertiary/aromatic N) is 2. The van der Waals surface area contributed by atoms with Gasteiger partial charge in [-0.15, -0.1) is 0 Å². The third-order valence-electron chi connectivity index (χ3n) is 5.75. The van der Waals surface area contributed by atoms with Crippen molar-refractivity contribution in [3.8, 4) is 11.4 Å². The van der Waals surface area contributed by atoms with Gasteiger partial charge in [0.25, 0.3) is 0 Å². The fourth-order valence-corrected chi connectivity index (χ4v) is 4.42. The van der Waals surface area contributed by atoms with Crippen molar-refractivity contribution < 1.29 is 9.53 Å². The van der Waals surface area contributed by atoms with E-state index in [2.05, 4.69) is 14.9 Å². The molecule has 142 valence electrons. The van der Waals surface area contributed by atoms with Crippen LogP contribution in [0.1, 0.15) is 47.1 Å². The van der Waals surface area contributed by atoms with Crippen molar-refractivity contribution in [2.24, 2.45) is 0 Å². The van der Waals surface area contributed by atoms with Gasteiger partial charge in [-0.25, -0.2) is 4.98 Å². The van der Waals surface area contributed by atoms with Gasteiger partial charge < -0.3 is 14.6 Å². The van der Waals surface area contributed by atoms with Crippen LogP contribution in [0.15, 0.2) is 54.9 Å². The zero-order valence-electron chi connectivity index (χ0n) is 16.1. The smallest absolute Gasteiger partial charge is 0.174 e. The van der Waals surface area contributed by atoms with Crippen LogP contribution >= 0.6 is 0 Å². The molecule has 0 bridgehead atoms. The molecule has 0 radical (unpaired) electrons. The molecule has 0 fully saturated rings. The van der Waals surface area contributed by atoms with Gasteiger partial charge in [0.1, 0.15) is 11.4 Å². The first-order valence-corrected chi connectivity index (χ1v) is 9.73. The number of rotatable bonds is 3. The van der Waals surface area contributed by atoms with Crippen LogP contribution in [0.2, 0.25) is 0 Å². The van der Waals surface area contributed by atoms with Crippen LogP contribution in [0.3, 0.4) is 0 Å². The van der Waals surface area contributed by atoms with Gasteiger partial charge in [0.05, 0.1) is 17.9 Å². The Balaban J connectivity index is 1.54. The number of fused-ring (bicyclic) bond motifs is 2. The first-order valence-electron chi connectivity index (χ1n) is 9.73. The predicted molar refractivity (Wildman–Crippen MR) is 107 cm³/mol. The van der Waals surface area contributed by atoms with Gasteiger partial charge in [-0.1, -0.05) is 30.3 Å². The van der Waals surface area contributed by atoms with E-state index in [1.165, 1.54) is 5.69 Å². The van der Waals surface area contributed by atoms with E-state index in [1.54, 1.807) is 0 Å². The summed E-state index contributed by atoms with van der Waals surface area (Å²) in [6, 6.07) is 15.7. The van der Waals surface area contributed by atoms with Crippen molar-refractivity contribution in [2.75, 3.05) is 6.54 Å². The zero-order chi connectivity index (χ0) is 19.3. The van der Waals surface area contributed by atoms with Crippen LogP contribution in [-0.4, -0.2) is 27.5 Å². The summed E-state index contributed by atoms with van der Waals surface area (Å²) in [5, 5.41) is 3.35. The summed E-state index contributed by atoms with van der Waals surface area (Å²) in [5.41, 5.74) is 4.38. The highest BCUT2D eigenvalue weighted by atomic mass is 16.5. The van der Waals surface area contributed by atoms with E-state index in [1.807, 2.05) is 68.7 Å². The fourth-order valence-electron chi connectivity index (χ4n) is 4.42. The largest absolute Gasteiger partial charge is 0.486 e. The van der Waals surface area contributed by atoms with Crippen molar-refractivity contribution in [2.45, 2.75) is 38.3 Å². The Morgan fingerprint density at radius 3 is 2.96 bits per heavy atom. The SMILES string of the molecule is CC1(C)Oc2ccccc2C1C(=O)c1cccc(-n2cnc3c2CCNC3)c1. The minimum Gasteiger partial charge on any atom is -0.486 e. The molecule has 1 unspecified atom stereocenters. The first kappa shape index (κ1) is 17.2. The van der Waals surface area contributed by atoms with Gasteiger partial charge in [-0.2, -0.15) is 0 Å². The molecule has 1 N–H and O–H groups in total. The van der Waals surface area contributed by atoms with E-state index in [0.29, 0.717) is 5.56 Å². The van der Waals surface area contributed by atoms with Gasteiger partial charge in [-0.05, 0) is 32.0 Å². The molecule has 5 heteroatoms. The Hall–Kier alpha value is -2.92. The molecule has 0 saturated heterocycles. The Morgan fingerprint density at radius 1 is 1.21 bits per heavy atom. The minimum absolute atomic E-state index is 0.0902. The van der Waals surface area contributed by atoms with Crippen LogP contribution in [0.25, 0.3) is 5.69 Å². The lowest BCUT2D eigenvalue weighted by atomic mass is 9.81. The summed E-state index contributed by atoms with van der Waals surface area (Å²) < 4.78 is 8.19. The van der Waals surface area contributed by atoms with E-state index >= 15 is 0 Å². The molecule has 28 heavy (non-hydrogen) atoms.